The summed E-state index contributed by atoms with van der Waals surface area (Å²) in [4.78, 5) is 0.190. The molecule has 4 nitrogen and oxygen atoms in total. The smallest absolute Gasteiger partial charge is 0.243 e. The molecule has 0 aromatic heterocycles. The minimum absolute atomic E-state index is 0.110. The number of sulfonamides is 1. The number of nitrogens with one attached hydrogen (secondary N) is 1. The van der Waals surface area contributed by atoms with E-state index in [1.165, 1.54) is 22.5 Å². The van der Waals surface area contributed by atoms with E-state index in [1.807, 2.05) is 13.8 Å². The highest BCUT2D eigenvalue weighted by Crippen LogP contribution is 2.22. The third-order valence-electron chi connectivity index (χ3n) is 3.28. The molecule has 2 atom stereocenters. The maximum atomic E-state index is 13.1. The molecule has 1 aliphatic heterocycles. The zero-order valence-electron chi connectivity index (χ0n) is 11.4. The third-order valence-corrected chi connectivity index (χ3v) is 5.27. The lowest BCUT2D eigenvalue weighted by Gasteiger charge is -2.35. The first-order chi connectivity index (χ1) is 8.80. The fourth-order valence-corrected chi connectivity index (χ4v) is 4.34. The van der Waals surface area contributed by atoms with Crippen LogP contribution in [0.15, 0.2) is 23.1 Å². The van der Waals surface area contributed by atoms with Crippen molar-refractivity contribution < 1.29 is 12.8 Å². The third kappa shape index (κ3) is 2.96. The van der Waals surface area contributed by atoms with E-state index >= 15 is 0 Å². The van der Waals surface area contributed by atoms with Gasteiger partial charge >= 0.3 is 0 Å². The van der Waals surface area contributed by atoms with Crippen molar-refractivity contribution >= 4 is 10.0 Å². The first-order valence-electron chi connectivity index (χ1n) is 6.33. The average molecular weight is 286 g/mol. The number of rotatable bonds is 2. The number of halogens is 1. The lowest BCUT2D eigenvalue weighted by atomic mass is 10.2. The number of aryl methyl sites for hydroxylation is 1. The van der Waals surface area contributed by atoms with Crippen LogP contribution in [-0.4, -0.2) is 37.9 Å². The van der Waals surface area contributed by atoms with Gasteiger partial charge in [0.15, 0.2) is 0 Å². The molecule has 2 rings (SSSR count). The summed E-state index contributed by atoms with van der Waals surface area (Å²) in [5.74, 6) is -0.418. The SMILES string of the molecule is Cc1cc(F)ccc1S(=O)(=O)N1CC(C)NC(C)C1. The predicted octanol–water partition coefficient (Wildman–Crippen LogP) is 1.51. The molecule has 1 saturated heterocycles. The molecule has 1 fully saturated rings. The zero-order valence-corrected chi connectivity index (χ0v) is 12.2. The quantitative estimate of drug-likeness (QED) is 0.896. The standard InChI is InChI=1S/C13H19FN2O2S/c1-9-6-12(14)4-5-13(9)19(17,18)16-7-10(2)15-11(3)8-16/h4-6,10-11,15H,7-8H2,1-3H3. The Balaban J connectivity index is 2.36. The fraction of sp³-hybridized carbons (Fsp3) is 0.538. The lowest BCUT2D eigenvalue weighted by Crippen LogP contribution is -2.55. The molecule has 1 aromatic rings. The highest BCUT2D eigenvalue weighted by molar-refractivity contribution is 7.89. The minimum Gasteiger partial charge on any atom is -0.309 e. The van der Waals surface area contributed by atoms with E-state index < -0.39 is 15.8 Å². The second-order valence-corrected chi connectivity index (χ2v) is 7.11. The van der Waals surface area contributed by atoms with E-state index in [0.717, 1.165) is 0 Å². The summed E-state index contributed by atoms with van der Waals surface area (Å²) in [6, 6.07) is 4.01. The molecular weight excluding hydrogens is 267 g/mol. The van der Waals surface area contributed by atoms with Gasteiger partial charge in [0.25, 0.3) is 0 Å². The van der Waals surface area contributed by atoms with Gasteiger partial charge in [-0.3, -0.25) is 0 Å². The summed E-state index contributed by atoms with van der Waals surface area (Å²) >= 11 is 0. The van der Waals surface area contributed by atoms with Crippen LogP contribution in [0.4, 0.5) is 4.39 Å². The molecule has 0 spiro atoms. The molecule has 6 heteroatoms. The molecule has 1 aromatic carbocycles. The Bertz CT molecular complexity index is 564. The Morgan fingerprint density at radius 1 is 1.26 bits per heavy atom. The van der Waals surface area contributed by atoms with E-state index in [4.69, 9.17) is 0 Å². The molecule has 19 heavy (non-hydrogen) atoms. The van der Waals surface area contributed by atoms with Crippen molar-refractivity contribution in [2.24, 2.45) is 0 Å². The van der Waals surface area contributed by atoms with Crippen LogP contribution in [0.2, 0.25) is 0 Å². The first kappa shape index (κ1) is 14.4. The molecule has 0 bridgehead atoms. The second kappa shape index (κ2) is 5.19. The summed E-state index contributed by atoms with van der Waals surface area (Å²) in [7, 11) is -3.55. The summed E-state index contributed by atoms with van der Waals surface area (Å²) in [5.41, 5.74) is 0.443. The van der Waals surface area contributed by atoms with Crippen LogP contribution in [0, 0.1) is 12.7 Å². The van der Waals surface area contributed by atoms with Crippen LogP contribution >= 0.6 is 0 Å². The minimum atomic E-state index is -3.55. The van der Waals surface area contributed by atoms with Crippen LogP contribution in [-0.2, 0) is 10.0 Å². The van der Waals surface area contributed by atoms with Crippen LogP contribution in [0.5, 0.6) is 0 Å². The second-order valence-electron chi connectivity index (χ2n) is 5.20. The number of piperazine rings is 1. The zero-order chi connectivity index (χ0) is 14.2. The van der Waals surface area contributed by atoms with Crippen molar-refractivity contribution in [1.82, 2.24) is 9.62 Å². The van der Waals surface area contributed by atoms with Crippen molar-refractivity contribution in [2.75, 3.05) is 13.1 Å². The molecular formula is C13H19FN2O2S. The van der Waals surface area contributed by atoms with Gasteiger partial charge in [0.2, 0.25) is 10.0 Å². The molecule has 1 aliphatic rings. The molecule has 1 heterocycles. The molecule has 1 N–H and O–H groups in total. The van der Waals surface area contributed by atoms with Crippen LogP contribution < -0.4 is 5.32 Å². The van der Waals surface area contributed by atoms with Gasteiger partial charge in [0.05, 0.1) is 4.90 Å². The van der Waals surface area contributed by atoms with Crippen molar-refractivity contribution in [3.63, 3.8) is 0 Å². The molecule has 106 valence electrons. The van der Waals surface area contributed by atoms with Crippen molar-refractivity contribution in [2.45, 2.75) is 37.8 Å². The van der Waals surface area contributed by atoms with Gasteiger partial charge in [0.1, 0.15) is 5.82 Å². The molecule has 0 saturated carbocycles. The Morgan fingerprint density at radius 2 is 1.84 bits per heavy atom. The normalized spacial score (nSPS) is 25.5. The first-order valence-corrected chi connectivity index (χ1v) is 7.77. The van der Waals surface area contributed by atoms with Crippen LogP contribution in [0.1, 0.15) is 19.4 Å². The topological polar surface area (TPSA) is 49.4 Å². The molecule has 0 radical (unpaired) electrons. The van der Waals surface area contributed by atoms with E-state index in [9.17, 15) is 12.8 Å². The predicted molar refractivity (Wildman–Crippen MR) is 72.0 cm³/mol. The maximum absolute atomic E-state index is 13.1. The summed E-state index contributed by atoms with van der Waals surface area (Å²) in [6.07, 6.45) is 0. The van der Waals surface area contributed by atoms with E-state index in [0.29, 0.717) is 18.7 Å². The van der Waals surface area contributed by atoms with Crippen molar-refractivity contribution in [3.05, 3.63) is 29.6 Å². The summed E-state index contributed by atoms with van der Waals surface area (Å²) in [6.45, 7) is 6.39. The van der Waals surface area contributed by atoms with Crippen molar-refractivity contribution in [1.29, 1.82) is 0 Å². The van der Waals surface area contributed by atoms with E-state index in [2.05, 4.69) is 5.32 Å². The van der Waals surface area contributed by atoms with Gasteiger partial charge in [0, 0.05) is 25.2 Å². The largest absolute Gasteiger partial charge is 0.309 e. The number of benzene rings is 1. The maximum Gasteiger partial charge on any atom is 0.243 e. The number of hydrogen-bond donors (Lipinski definition) is 1. The van der Waals surface area contributed by atoms with Gasteiger partial charge in [-0.05, 0) is 44.5 Å². The van der Waals surface area contributed by atoms with E-state index in [-0.39, 0.29) is 17.0 Å². The lowest BCUT2D eigenvalue weighted by molar-refractivity contribution is 0.263. The van der Waals surface area contributed by atoms with E-state index in [1.54, 1.807) is 6.92 Å². The highest BCUT2D eigenvalue weighted by Gasteiger charge is 2.32. The summed E-state index contributed by atoms with van der Waals surface area (Å²) < 4.78 is 39.7. The Labute approximate surface area is 113 Å². The Kier molecular flexibility index (Phi) is 3.94. The van der Waals surface area contributed by atoms with Gasteiger partial charge in [-0.15, -0.1) is 0 Å². The van der Waals surface area contributed by atoms with Crippen LogP contribution in [0.25, 0.3) is 0 Å². The van der Waals surface area contributed by atoms with Gasteiger partial charge in [-0.1, -0.05) is 0 Å². The van der Waals surface area contributed by atoms with Crippen LogP contribution in [0.3, 0.4) is 0 Å². The Morgan fingerprint density at radius 3 is 2.37 bits per heavy atom. The van der Waals surface area contributed by atoms with Gasteiger partial charge in [-0.25, -0.2) is 12.8 Å². The monoisotopic (exact) mass is 286 g/mol. The highest BCUT2D eigenvalue weighted by atomic mass is 32.2. The molecule has 0 amide bonds. The molecule has 0 aliphatic carbocycles. The van der Waals surface area contributed by atoms with Gasteiger partial charge in [-0.2, -0.15) is 4.31 Å². The Hall–Kier alpha value is -0.980. The summed E-state index contributed by atoms with van der Waals surface area (Å²) in [5, 5.41) is 3.29. The number of nitrogens with zero attached hydrogens (tertiary/aromatic N) is 1. The fourth-order valence-electron chi connectivity index (χ4n) is 2.51. The van der Waals surface area contributed by atoms with Gasteiger partial charge < -0.3 is 5.32 Å². The van der Waals surface area contributed by atoms with Crippen molar-refractivity contribution in [3.8, 4) is 0 Å². The molecule has 2 unspecified atom stereocenters. The average Bonchev–Trinajstić information content (AvgIpc) is 2.26. The number of hydrogen-bond acceptors (Lipinski definition) is 3.